The Balaban J connectivity index is 1.78. The molecule has 0 aliphatic heterocycles. The molecular formula is C15H20N4OS. The maximum atomic E-state index is 11.9. The first-order valence-electron chi connectivity index (χ1n) is 6.86. The van der Waals surface area contributed by atoms with Crippen molar-refractivity contribution in [2.75, 3.05) is 12.3 Å². The Bertz CT molecular complexity index is 589. The fraction of sp³-hybridized carbons (Fsp3) is 0.400. The summed E-state index contributed by atoms with van der Waals surface area (Å²) in [4.78, 5) is 17.4. The summed E-state index contributed by atoms with van der Waals surface area (Å²) in [5, 5.41) is 9.61. The van der Waals surface area contributed by atoms with Crippen LogP contribution in [0.25, 0.3) is 0 Å². The van der Waals surface area contributed by atoms with E-state index in [1.165, 1.54) is 4.90 Å². The molecule has 0 aliphatic carbocycles. The molecule has 5 nitrogen and oxygen atoms in total. The van der Waals surface area contributed by atoms with Crippen LogP contribution in [0.2, 0.25) is 0 Å². The molecule has 0 unspecified atom stereocenters. The van der Waals surface area contributed by atoms with Crippen molar-refractivity contribution in [1.82, 2.24) is 20.5 Å². The molecule has 1 heterocycles. The monoisotopic (exact) mass is 304 g/mol. The number of thioether (sulfide) groups is 1. The summed E-state index contributed by atoms with van der Waals surface area (Å²) in [6, 6.07) is 10.1. The van der Waals surface area contributed by atoms with E-state index in [-0.39, 0.29) is 17.1 Å². The number of rotatable bonds is 5. The number of nitrogens with one attached hydrogen (secondary N) is 2. The van der Waals surface area contributed by atoms with E-state index >= 15 is 0 Å². The average molecular weight is 304 g/mol. The van der Waals surface area contributed by atoms with Crippen LogP contribution in [0.5, 0.6) is 0 Å². The summed E-state index contributed by atoms with van der Waals surface area (Å²) in [5.41, 5.74) is -0.144. The molecule has 2 N–H and O–H groups in total. The van der Waals surface area contributed by atoms with Crippen molar-refractivity contribution in [2.24, 2.45) is 0 Å². The lowest BCUT2D eigenvalue weighted by atomic mass is 9.96. The van der Waals surface area contributed by atoms with E-state index in [1.807, 2.05) is 39.0 Å². The summed E-state index contributed by atoms with van der Waals surface area (Å²) in [6.45, 7) is 6.64. The van der Waals surface area contributed by atoms with Crippen molar-refractivity contribution in [3.8, 4) is 0 Å². The van der Waals surface area contributed by atoms with E-state index in [9.17, 15) is 4.79 Å². The highest BCUT2D eigenvalue weighted by molar-refractivity contribution is 7.99. The van der Waals surface area contributed by atoms with Gasteiger partial charge in [0.1, 0.15) is 5.82 Å². The summed E-state index contributed by atoms with van der Waals surface area (Å²) in [7, 11) is 0. The van der Waals surface area contributed by atoms with Crippen molar-refractivity contribution in [3.05, 3.63) is 42.0 Å². The van der Waals surface area contributed by atoms with Gasteiger partial charge in [-0.05, 0) is 12.1 Å². The first-order chi connectivity index (χ1) is 9.97. The number of aromatic nitrogens is 3. The number of aromatic amines is 1. The van der Waals surface area contributed by atoms with Gasteiger partial charge in [-0.25, -0.2) is 4.98 Å². The van der Waals surface area contributed by atoms with Crippen LogP contribution in [-0.2, 0) is 5.41 Å². The van der Waals surface area contributed by atoms with Gasteiger partial charge in [-0.3, -0.25) is 9.89 Å². The highest BCUT2D eigenvalue weighted by Gasteiger charge is 2.20. The van der Waals surface area contributed by atoms with Gasteiger partial charge >= 0.3 is 0 Å². The zero-order valence-electron chi connectivity index (χ0n) is 12.5. The smallest absolute Gasteiger partial charge is 0.290 e. The Morgan fingerprint density at radius 1 is 1.29 bits per heavy atom. The van der Waals surface area contributed by atoms with Crippen molar-refractivity contribution in [2.45, 2.75) is 31.1 Å². The number of hydrogen-bond acceptors (Lipinski definition) is 4. The minimum atomic E-state index is -0.240. The average Bonchev–Trinajstić information content (AvgIpc) is 2.94. The summed E-state index contributed by atoms with van der Waals surface area (Å²) in [6.07, 6.45) is 0. The fourth-order valence-corrected chi connectivity index (χ4v) is 2.42. The van der Waals surface area contributed by atoms with Gasteiger partial charge in [0.05, 0.1) is 0 Å². The van der Waals surface area contributed by atoms with Crippen LogP contribution in [0.15, 0.2) is 35.2 Å². The third-order valence-electron chi connectivity index (χ3n) is 2.80. The third kappa shape index (κ3) is 4.60. The fourth-order valence-electron chi connectivity index (χ4n) is 1.63. The molecule has 0 spiro atoms. The lowest BCUT2D eigenvalue weighted by molar-refractivity contribution is 0.0946. The van der Waals surface area contributed by atoms with Crippen LogP contribution in [-0.4, -0.2) is 33.4 Å². The van der Waals surface area contributed by atoms with Gasteiger partial charge in [0, 0.05) is 22.6 Å². The third-order valence-corrected chi connectivity index (χ3v) is 3.81. The predicted octanol–water partition coefficient (Wildman–Crippen LogP) is 2.62. The van der Waals surface area contributed by atoms with Crippen LogP contribution in [0.1, 0.15) is 37.2 Å². The van der Waals surface area contributed by atoms with Crippen LogP contribution < -0.4 is 5.32 Å². The molecule has 0 saturated carbocycles. The molecule has 1 aromatic carbocycles. The summed E-state index contributed by atoms with van der Waals surface area (Å²) >= 11 is 1.70. The quantitative estimate of drug-likeness (QED) is 0.658. The Hall–Kier alpha value is -1.82. The highest BCUT2D eigenvalue weighted by Crippen LogP contribution is 2.17. The Morgan fingerprint density at radius 2 is 2.00 bits per heavy atom. The first-order valence-corrected chi connectivity index (χ1v) is 7.84. The number of H-pyrrole nitrogens is 1. The molecule has 0 saturated heterocycles. The summed E-state index contributed by atoms with van der Waals surface area (Å²) in [5.74, 6) is 1.48. The Labute approximate surface area is 128 Å². The van der Waals surface area contributed by atoms with Crippen molar-refractivity contribution < 1.29 is 4.79 Å². The predicted molar refractivity (Wildman–Crippen MR) is 84.6 cm³/mol. The SMILES string of the molecule is CC(C)(C)c1nc(C(=O)NCCSc2ccccc2)n[nH]1. The first kappa shape index (κ1) is 15.6. The van der Waals surface area contributed by atoms with Crippen molar-refractivity contribution in [1.29, 1.82) is 0 Å². The van der Waals surface area contributed by atoms with Gasteiger partial charge in [-0.15, -0.1) is 16.9 Å². The van der Waals surface area contributed by atoms with Gasteiger partial charge in [0.25, 0.3) is 5.91 Å². The Kier molecular flexibility index (Phi) is 5.01. The van der Waals surface area contributed by atoms with E-state index in [0.717, 1.165) is 5.75 Å². The van der Waals surface area contributed by atoms with E-state index < -0.39 is 0 Å². The molecular weight excluding hydrogens is 284 g/mol. The molecule has 112 valence electrons. The molecule has 0 atom stereocenters. The highest BCUT2D eigenvalue weighted by atomic mass is 32.2. The number of amides is 1. The summed E-state index contributed by atoms with van der Waals surface area (Å²) < 4.78 is 0. The number of carbonyl (C=O) groups excluding carboxylic acids is 1. The molecule has 1 aromatic heterocycles. The van der Waals surface area contributed by atoms with Crippen LogP contribution in [0, 0.1) is 0 Å². The number of benzene rings is 1. The van der Waals surface area contributed by atoms with Crippen LogP contribution >= 0.6 is 11.8 Å². The standard InChI is InChI=1S/C15H20N4OS/c1-15(2,3)14-17-12(18-19-14)13(20)16-9-10-21-11-7-5-4-6-8-11/h4-8H,9-10H2,1-3H3,(H,16,20)(H,17,18,19). The van der Waals surface area contributed by atoms with Crippen molar-refractivity contribution >= 4 is 17.7 Å². The molecule has 2 rings (SSSR count). The molecule has 0 bridgehead atoms. The van der Waals surface area contributed by atoms with Gasteiger partial charge in [-0.1, -0.05) is 39.0 Å². The largest absolute Gasteiger partial charge is 0.348 e. The van der Waals surface area contributed by atoms with Crippen molar-refractivity contribution in [3.63, 3.8) is 0 Å². The minimum absolute atomic E-state index is 0.144. The van der Waals surface area contributed by atoms with E-state index in [1.54, 1.807) is 11.8 Å². The number of nitrogens with zero attached hydrogens (tertiary/aromatic N) is 2. The van der Waals surface area contributed by atoms with E-state index in [4.69, 9.17) is 0 Å². The molecule has 1 amide bonds. The molecule has 2 aromatic rings. The second-order valence-corrected chi connectivity index (χ2v) is 6.84. The van der Waals surface area contributed by atoms with Crippen LogP contribution in [0.4, 0.5) is 0 Å². The van der Waals surface area contributed by atoms with Gasteiger partial charge in [-0.2, -0.15) is 0 Å². The molecule has 21 heavy (non-hydrogen) atoms. The molecule has 0 fully saturated rings. The molecule has 0 radical (unpaired) electrons. The second-order valence-electron chi connectivity index (χ2n) is 5.68. The minimum Gasteiger partial charge on any atom is -0.348 e. The van der Waals surface area contributed by atoms with E-state index in [0.29, 0.717) is 12.4 Å². The number of carbonyl (C=O) groups is 1. The maximum absolute atomic E-state index is 11.9. The lowest BCUT2D eigenvalue weighted by Gasteiger charge is -2.12. The topological polar surface area (TPSA) is 70.7 Å². The van der Waals surface area contributed by atoms with Gasteiger partial charge < -0.3 is 5.32 Å². The number of hydrogen-bond donors (Lipinski definition) is 2. The zero-order valence-corrected chi connectivity index (χ0v) is 13.3. The lowest BCUT2D eigenvalue weighted by Crippen LogP contribution is -2.27. The second kappa shape index (κ2) is 6.76. The Morgan fingerprint density at radius 3 is 2.62 bits per heavy atom. The normalized spacial score (nSPS) is 11.4. The molecule has 0 aliphatic rings. The van der Waals surface area contributed by atoms with E-state index in [2.05, 4.69) is 32.6 Å². The molecule has 6 heteroatoms. The maximum Gasteiger partial charge on any atom is 0.290 e. The van der Waals surface area contributed by atoms with Gasteiger partial charge in [0.15, 0.2) is 0 Å². The van der Waals surface area contributed by atoms with Gasteiger partial charge in [0.2, 0.25) is 5.82 Å². The zero-order chi connectivity index (χ0) is 15.3. The van der Waals surface area contributed by atoms with Crippen LogP contribution in [0.3, 0.4) is 0 Å².